The number of likely N-dealkylation sites (tertiary alicyclic amines) is 1. The number of carbonyl (C=O) groups excluding carboxylic acids is 1. The Balaban J connectivity index is 1.64. The predicted molar refractivity (Wildman–Crippen MR) is 68.8 cm³/mol. The average molecular weight is 239 g/mol. The number of rotatable bonds is 6. The van der Waals surface area contributed by atoms with Crippen LogP contribution in [0, 0.1) is 11.3 Å². The molecule has 98 valence electrons. The van der Waals surface area contributed by atoms with E-state index in [1.807, 2.05) is 7.05 Å². The van der Waals surface area contributed by atoms with E-state index >= 15 is 0 Å². The molecule has 1 aliphatic heterocycles. The zero-order chi connectivity index (χ0) is 12.3. The third-order valence-corrected chi connectivity index (χ3v) is 4.13. The van der Waals surface area contributed by atoms with Crippen molar-refractivity contribution in [1.82, 2.24) is 15.5 Å². The van der Waals surface area contributed by atoms with Crippen LogP contribution in [0.2, 0.25) is 0 Å². The Hall–Kier alpha value is -0.610. The summed E-state index contributed by atoms with van der Waals surface area (Å²) in [4.78, 5) is 14.1. The first-order chi connectivity index (χ1) is 8.13. The van der Waals surface area contributed by atoms with Crippen molar-refractivity contribution in [3.63, 3.8) is 0 Å². The lowest BCUT2D eigenvalue weighted by molar-refractivity contribution is -0.122. The fourth-order valence-corrected chi connectivity index (χ4v) is 2.78. The van der Waals surface area contributed by atoms with Crippen molar-refractivity contribution in [3.8, 4) is 0 Å². The molecule has 0 aromatic rings. The maximum atomic E-state index is 11.8. The Morgan fingerprint density at radius 2 is 2.18 bits per heavy atom. The molecule has 1 unspecified atom stereocenters. The minimum Gasteiger partial charge on any atom is -0.355 e. The minimum atomic E-state index is 0.243. The smallest absolute Gasteiger partial charge is 0.220 e. The summed E-state index contributed by atoms with van der Waals surface area (Å²) in [6.45, 7) is 4.10. The second kappa shape index (κ2) is 5.36. The zero-order valence-corrected chi connectivity index (χ0v) is 11.1. The van der Waals surface area contributed by atoms with Gasteiger partial charge in [-0.3, -0.25) is 4.79 Å². The molecule has 1 saturated carbocycles. The van der Waals surface area contributed by atoms with Crippen LogP contribution in [0.3, 0.4) is 0 Å². The Labute approximate surface area is 104 Å². The quantitative estimate of drug-likeness (QED) is 0.707. The molecule has 4 heteroatoms. The first-order valence-corrected chi connectivity index (χ1v) is 6.73. The van der Waals surface area contributed by atoms with Gasteiger partial charge in [-0.1, -0.05) is 0 Å². The highest BCUT2D eigenvalue weighted by Gasteiger charge is 2.41. The van der Waals surface area contributed by atoms with Crippen molar-refractivity contribution < 1.29 is 4.79 Å². The third-order valence-electron chi connectivity index (χ3n) is 4.13. The van der Waals surface area contributed by atoms with E-state index < -0.39 is 0 Å². The van der Waals surface area contributed by atoms with Gasteiger partial charge in [0.1, 0.15) is 0 Å². The summed E-state index contributed by atoms with van der Waals surface area (Å²) in [6, 6.07) is 0. The number of amides is 1. The zero-order valence-electron chi connectivity index (χ0n) is 11.1. The van der Waals surface area contributed by atoms with Gasteiger partial charge in [-0.15, -0.1) is 0 Å². The fourth-order valence-electron chi connectivity index (χ4n) is 2.78. The summed E-state index contributed by atoms with van der Waals surface area (Å²) in [6.07, 6.45) is 4.38. The molecular weight excluding hydrogens is 214 g/mol. The summed E-state index contributed by atoms with van der Waals surface area (Å²) in [5, 5.41) is 6.33. The molecule has 2 N–H and O–H groups in total. The molecule has 1 aliphatic carbocycles. The van der Waals surface area contributed by atoms with Crippen LogP contribution in [0.15, 0.2) is 0 Å². The van der Waals surface area contributed by atoms with Crippen LogP contribution in [-0.4, -0.2) is 51.1 Å². The van der Waals surface area contributed by atoms with Gasteiger partial charge in [0, 0.05) is 31.5 Å². The van der Waals surface area contributed by atoms with E-state index in [2.05, 4.69) is 22.6 Å². The van der Waals surface area contributed by atoms with Crippen LogP contribution in [-0.2, 0) is 4.79 Å². The second-order valence-electron chi connectivity index (χ2n) is 5.93. The van der Waals surface area contributed by atoms with E-state index in [9.17, 15) is 4.79 Å². The highest BCUT2D eigenvalue weighted by atomic mass is 16.1. The summed E-state index contributed by atoms with van der Waals surface area (Å²) < 4.78 is 0. The van der Waals surface area contributed by atoms with Crippen LogP contribution in [0.1, 0.15) is 25.7 Å². The molecule has 2 fully saturated rings. The number of nitrogens with zero attached hydrogens (tertiary/aromatic N) is 1. The molecule has 1 atom stereocenters. The molecule has 0 spiro atoms. The fraction of sp³-hybridized carbons (Fsp3) is 0.923. The third kappa shape index (κ3) is 3.68. The molecule has 17 heavy (non-hydrogen) atoms. The molecular formula is C13H25N3O. The van der Waals surface area contributed by atoms with Crippen molar-refractivity contribution in [2.45, 2.75) is 25.7 Å². The van der Waals surface area contributed by atoms with Gasteiger partial charge in [-0.05, 0) is 45.8 Å². The summed E-state index contributed by atoms with van der Waals surface area (Å²) in [5.74, 6) is 0.812. The van der Waals surface area contributed by atoms with Crippen LogP contribution in [0.4, 0.5) is 0 Å². The lowest BCUT2D eigenvalue weighted by Crippen LogP contribution is -2.35. The van der Waals surface area contributed by atoms with Crippen LogP contribution in [0.25, 0.3) is 0 Å². The van der Waals surface area contributed by atoms with Crippen molar-refractivity contribution in [1.29, 1.82) is 0 Å². The first kappa shape index (κ1) is 12.8. The van der Waals surface area contributed by atoms with Crippen molar-refractivity contribution >= 4 is 5.91 Å². The largest absolute Gasteiger partial charge is 0.355 e. The molecule has 2 aliphatic rings. The SMILES string of the molecule is CNCC1(CNC(=O)CC2CCN(C)C2)CC1. The molecule has 0 aromatic carbocycles. The monoisotopic (exact) mass is 239 g/mol. The van der Waals surface area contributed by atoms with E-state index in [0.717, 1.165) is 26.2 Å². The average Bonchev–Trinajstić information content (AvgIpc) is 2.94. The Morgan fingerprint density at radius 3 is 2.71 bits per heavy atom. The van der Waals surface area contributed by atoms with Gasteiger partial charge in [0.2, 0.25) is 5.91 Å². The Morgan fingerprint density at radius 1 is 1.41 bits per heavy atom. The highest BCUT2D eigenvalue weighted by molar-refractivity contribution is 5.76. The number of hydrogen-bond donors (Lipinski definition) is 2. The Kier molecular flexibility index (Phi) is 4.05. The highest BCUT2D eigenvalue weighted by Crippen LogP contribution is 2.44. The lowest BCUT2D eigenvalue weighted by atomic mass is 10.0. The van der Waals surface area contributed by atoms with Crippen LogP contribution >= 0.6 is 0 Å². The van der Waals surface area contributed by atoms with Crippen LogP contribution in [0.5, 0.6) is 0 Å². The van der Waals surface area contributed by atoms with E-state index in [4.69, 9.17) is 0 Å². The van der Waals surface area contributed by atoms with E-state index in [-0.39, 0.29) is 5.91 Å². The van der Waals surface area contributed by atoms with Gasteiger partial charge >= 0.3 is 0 Å². The van der Waals surface area contributed by atoms with Gasteiger partial charge in [0.05, 0.1) is 0 Å². The minimum absolute atomic E-state index is 0.243. The molecule has 0 radical (unpaired) electrons. The molecule has 1 saturated heterocycles. The molecule has 4 nitrogen and oxygen atoms in total. The summed E-state index contributed by atoms with van der Waals surface area (Å²) in [7, 11) is 4.11. The molecule has 1 amide bonds. The number of carbonyl (C=O) groups is 1. The predicted octanol–water partition coefficient (Wildman–Crippen LogP) is 0.444. The molecule has 2 rings (SSSR count). The van der Waals surface area contributed by atoms with Gasteiger partial charge in [0.15, 0.2) is 0 Å². The Bertz CT molecular complexity index is 276. The maximum Gasteiger partial charge on any atom is 0.220 e. The van der Waals surface area contributed by atoms with Gasteiger partial charge in [0.25, 0.3) is 0 Å². The summed E-state index contributed by atoms with van der Waals surface area (Å²) in [5.41, 5.74) is 0.372. The summed E-state index contributed by atoms with van der Waals surface area (Å²) >= 11 is 0. The van der Waals surface area contributed by atoms with Crippen LogP contribution < -0.4 is 10.6 Å². The standard InChI is InChI=1S/C13H25N3O/c1-14-9-13(4-5-13)10-15-12(17)7-11-3-6-16(2)8-11/h11,14H,3-10H2,1-2H3,(H,15,17). The van der Waals surface area contributed by atoms with Gasteiger partial charge < -0.3 is 15.5 Å². The van der Waals surface area contributed by atoms with Gasteiger partial charge in [-0.2, -0.15) is 0 Å². The van der Waals surface area contributed by atoms with E-state index in [0.29, 0.717) is 17.8 Å². The van der Waals surface area contributed by atoms with Crippen molar-refractivity contribution in [2.75, 3.05) is 40.3 Å². The molecule has 1 heterocycles. The normalized spacial score (nSPS) is 27.1. The second-order valence-corrected chi connectivity index (χ2v) is 5.93. The molecule has 0 bridgehead atoms. The van der Waals surface area contributed by atoms with E-state index in [1.165, 1.54) is 19.3 Å². The first-order valence-electron chi connectivity index (χ1n) is 6.73. The van der Waals surface area contributed by atoms with E-state index in [1.54, 1.807) is 0 Å². The van der Waals surface area contributed by atoms with Crippen molar-refractivity contribution in [2.24, 2.45) is 11.3 Å². The topological polar surface area (TPSA) is 44.4 Å². The van der Waals surface area contributed by atoms with Crippen molar-refractivity contribution in [3.05, 3.63) is 0 Å². The number of hydrogen-bond acceptors (Lipinski definition) is 3. The van der Waals surface area contributed by atoms with Gasteiger partial charge in [-0.25, -0.2) is 0 Å². The maximum absolute atomic E-state index is 11.8. The number of nitrogens with one attached hydrogen (secondary N) is 2. The lowest BCUT2D eigenvalue weighted by Gasteiger charge is -2.16. The molecule has 0 aromatic heterocycles.